The van der Waals surface area contributed by atoms with Crippen LogP contribution in [0.1, 0.15) is 55.7 Å². The van der Waals surface area contributed by atoms with E-state index in [2.05, 4.69) is 44.5 Å². The molecule has 0 atom stereocenters. The first kappa shape index (κ1) is 19.1. The molecule has 1 saturated heterocycles. The Morgan fingerprint density at radius 2 is 2.06 bits per heavy atom. The van der Waals surface area contributed by atoms with Crippen molar-refractivity contribution in [3.05, 3.63) is 35.0 Å². The van der Waals surface area contributed by atoms with Crippen LogP contribution >= 0.6 is 0 Å². The largest absolute Gasteiger partial charge is 0.385 e. The number of piperidine rings is 1. The van der Waals surface area contributed by atoms with Gasteiger partial charge < -0.3 is 20.0 Å². The van der Waals surface area contributed by atoms with Crippen molar-refractivity contribution in [2.45, 2.75) is 63.3 Å². The molecule has 3 N–H and O–H groups in total. The van der Waals surface area contributed by atoms with E-state index in [1.54, 1.807) is 0 Å². The van der Waals surface area contributed by atoms with Crippen molar-refractivity contribution in [1.82, 2.24) is 20.1 Å². The predicted octanol–water partition coefficient (Wildman–Crippen LogP) is 4.17. The number of nitrogens with one attached hydrogen (secondary N) is 3. The highest BCUT2D eigenvalue weighted by molar-refractivity contribution is 5.95. The van der Waals surface area contributed by atoms with E-state index in [0.29, 0.717) is 0 Å². The van der Waals surface area contributed by atoms with Crippen LogP contribution in [0, 0.1) is 0 Å². The van der Waals surface area contributed by atoms with Gasteiger partial charge in [-0.15, -0.1) is 0 Å². The molecule has 6 rings (SSSR count). The van der Waals surface area contributed by atoms with Crippen LogP contribution in [-0.4, -0.2) is 52.0 Å². The minimum atomic E-state index is -0.404. The highest BCUT2D eigenvalue weighted by Gasteiger charge is 2.41. The maximum Gasteiger partial charge on any atom is 0.130 e. The Hall–Kier alpha value is -2.60. The van der Waals surface area contributed by atoms with Gasteiger partial charge in [-0.2, -0.15) is 5.10 Å². The number of benzene rings is 1. The molecule has 1 aliphatic heterocycles. The fourth-order valence-corrected chi connectivity index (χ4v) is 5.87. The highest BCUT2D eigenvalue weighted by atomic mass is 16.1. The number of anilines is 1. The Morgan fingerprint density at radius 1 is 1.23 bits per heavy atom. The number of rotatable bonds is 5. The first-order valence-electron chi connectivity index (χ1n) is 11.9. The molecule has 6 heteroatoms. The molecule has 2 aliphatic carbocycles. The number of hydrogen-bond acceptors (Lipinski definition) is 4. The van der Waals surface area contributed by atoms with Gasteiger partial charge in [0, 0.05) is 29.2 Å². The number of carbonyl (C=O) groups excluding carboxylic acids is 1. The lowest BCUT2D eigenvalue weighted by Crippen LogP contribution is -2.44. The van der Waals surface area contributed by atoms with Crippen LogP contribution in [0.3, 0.4) is 0 Å². The highest BCUT2D eigenvalue weighted by Crippen LogP contribution is 2.44. The molecule has 1 saturated carbocycles. The standard InChI is InChI=1S/C25H31N5O/c1-2-26-22-12-19-18-5-3-4-16-14-27-29-23(16)24(18)28-21(19)13-20(22)25(15-31)8-10-30(11-9-25)17-6-7-17/h12-15,17,26,28H,2-11H2,1H3,(H,27,29). The summed E-state index contributed by atoms with van der Waals surface area (Å²) in [6.07, 6.45) is 10.9. The van der Waals surface area contributed by atoms with Crippen LogP contribution in [-0.2, 0) is 23.1 Å². The summed E-state index contributed by atoms with van der Waals surface area (Å²) in [5.74, 6) is 0. The summed E-state index contributed by atoms with van der Waals surface area (Å²) in [4.78, 5) is 18.9. The molecule has 0 amide bonds. The molecule has 3 heterocycles. The zero-order valence-electron chi connectivity index (χ0n) is 18.3. The normalized spacial score (nSPS) is 20.8. The number of hydrogen-bond donors (Lipinski definition) is 3. The summed E-state index contributed by atoms with van der Waals surface area (Å²) < 4.78 is 0. The van der Waals surface area contributed by atoms with Crippen LogP contribution < -0.4 is 5.32 Å². The van der Waals surface area contributed by atoms with Crippen molar-refractivity contribution in [3.63, 3.8) is 0 Å². The first-order valence-corrected chi connectivity index (χ1v) is 11.9. The van der Waals surface area contributed by atoms with Gasteiger partial charge in [-0.1, -0.05) is 0 Å². The molecule has 2 aromatic heterocycles. The van der Waals surface area contributed by atoms with Crippen molar-refractivity contribution >= 4 is 22.9 Å². The maximum atomic E-state index is 12.6. The third kappa shape index (κ3) is 3.03. The Labute approximate surface area is 182 Å². The number of aromatic nitrogens is 3. The summed E-state index contributed by atoms with van der Waals surface area (Å²) in [5, 5.41) is 12.4. The van der Waals surface area contributed by atoms with Gasteiger partial charge in [-0.25, -0.2) is 0 Å². The van der Waals surface area contributed by atoms with E-state index in [9.17, 15) is 4.79 Å². The molecule has 0 bridgehead atoms. The molecule has 0 spiro atoms. The smallest absolute Gasteiger partial charge is 0.130 e. The summed E-state index contributed by atoms with van der Waals surface area (Å²) >= 11 is 0. The van der Waals surface area contributed by atoms with Crippen molar-refractivity contribution in [1.29, 1.82) is 0 Å². The van der Waals surface area contributed by atoms with Gasteiger partial charge in [-0.05, 0) is 93.8 Å². The molecule has 0 radical (unpaired) electrons. The SMILES string of the molecule is CCNc1cc2c3c([nH]c2cc1C1(C=O)CCN(C2CC2)CC1)-c1[nH]ncc1CCC3. The van der Waals surface area contributed by atoms with E-state index in [1.807, 2.05) is 6.20 Å². The number of likely N-dealkylation sites (tertiary alicyclic amines) is 1. The lowest BCUT2D eigenvalue weighted by molar-refractivity contribution is -0.114. The number of aromatic amines is 2. The lowest BCUT2D eigenvalue weighted by atomic mass is 9.73. The number of nitrogens with zero attached hydrogens (tertiary/aromatic N) is 2. The van der Waals surface area contributed by atoms with Gasteiger partial charge in [0.1, 0.15) is 6.29 Å². The quantitative estimate of drug-likeness (QED) is 0.545. The zero-order chi connectivity index (χ0) is 21.0. The number of aryl methyl sites for hydroxylation is 2. The predicted molar refractivity (Wildman–Crippen MR) is 124 cm³/mol. The van der Waals surface area contributed by atoms with Crippen LogP contribution in [0.4, 0.5) is 5.69 Å². The summed E-state index contributed by atoms with van der Waals surface area (Å²) in [5.41, 5.74) is 7.96. The Balaban J connectivity index is 1.47. The average Bonchev–Trinajstić information content (AvgIpc) is 3.49. The van der Waals surface area contributed by atoms with Gasteiger partial charge in [-0.3, -0.25) is 5.10 Å². The van der Waals surface area contributed by atoms with E-state index in [0.717, 1.165) is 80.2 Å². The minimum Gasteiger partial charge on any atom is -0.385 e. The fraction of sp³-hybridized carbons (Fsp3) is 0.520. The number of H-pyrrole nitrogens is 2. The van der Waals surface area contributed by atoms with Gasteiger partial charge >= 0.3 is 0 Å². The summed E-state index contributed by atoms with van der Waals surface area (Å²) in [7, 11) is 0. The Bertz CT molecular complexity index is 1130. The maximum absolute atomic E-state index is 12.6. The van der Waals surface area contributed by atoms with Crippen LogP contribution in [0.25, 0.3) is 22.3 Å². The zero-order valence-corrected chi connectivity index (χ0v) is 18.3. The topological polar surface area (TPSA) is 76.8 Å². The van der Waals surface area contributed by atoms with Crippen molar-refractivity contribution in [3.8, 4) is 11.4 Å². The average molecular weight is 418 g/mol. The minimum absolute atomic E-state index is 0.404. The van der Waals surface area contributed by atoms with Gasteiger partial charge in [0.05, 0.1) is 23.0 Å². The number of carbonyl (C=O) groups is 1. The Kier molecular flexibility index (Phi) is 4.46. The molecule has 0 unspecified atom stereocenters. The molecule has 31 heavy (non-hydrogen) atoms. The fourth-order valence-electron chi connectivity index (χ4n) is 5.87. The Morgan fingerprint density at radius 3 is 2.81 bits per heavy atom. The summed E-state index contributed by atoms with van der Waals surface area (Å²) in [6, 6.07) is 5.32. The second kappa shape index (κ2) is 7.23. The van der Waals surface area contributed by atoms with Crippen molar-refractivity contribution < 1.29 is 4.79 Å². The van der Waals surface area contributed by atoms with Crippen molar-refractivity contribution in [2.75, 3.05) is 25.0 Å². The molecule has 3 aliphatic rings. The molecule has 2 fully saturated rings. The first-order chi connectivity index (χ1) is 15.2. The van der Waals surface area contributed by atoms with E-state index in [1.165, 1.54) is 41.3 Å². The molecule has 3 aromatic rings. The van der Waals surface area contributed by atoms with E-state index >= 15 is 0 Å². The van der Waals surface area contributed by atoms with E-state index < -0.39 is 5.41 Å². The third-order valence-corrected chi connectivity index (χ3v) is 7.77. The van der Waals surface area contributed by atoms with Crippen LogP contribution in [0.15, 0.2) is 18.3 Å². The number of fused-ring (bicyclic) bond motifs is 5. The van der Waals surface area contributed by atoms with E-state index in [4.69, 9.17) is 0 Å². The van der Waals surface area contributed by atoms with Crippen molar-refractivity contribution in [2.24, 2.45) is 0 Å². The molecule has 1 aromatic carbocycles. The molecule has 6 nitrogen and oxygen atoms in total. The molecular formula is C25H31N5O. The number of aldehydes is 1. The third-order valence-electron chi connectivity index (χ3n) is 7.77. The van der Waals surface area contributed by atoms with Gasteiger partial charge in [0.15, 0.2) is 0 Å². The van der Waals surface area contributed by atoms with Crippen LogP contribution in [0.5, 0.6) is 0 Å². The van der Waals surface area contributed by atoms with Gasteiger partial charge in [0.2, 0.25) is 0 Å². The second-order valence-electron chi connectivity index (χ2n) is 9.62. The molecule has 162 valence electrons. The monoisotopic (exact) mass is 417 g/mol. The van der Waals surface area contributed by atoms with Gasteiger partial charge in [0.25, 0.3) is 0 Å². The summed E-state index contributed by atoms with van der Waals surface area (Å²) in [6.45, 7) is 5.02. The second-order valence-corrected chi connectivity index (χ2v) is 9.62. The lowest BCUT2D eigenvalue weighted by Gasteiger charge is -2.39. The van der Waals surface area contributed by atoms with Crippen LogP contribution in [0.2, 0.25) is 0 Å². The van der Waals surface area contributed by atoms with E-state index in [-0.39, 0.29) is 0 Å². The molecular weight excluding hydrogens is 386 g/mol.